The van der Waals surface area contributed by atoms with Gasteiger partial charge in [0.15, 0.2) is 5.13 Å². The number of carboxylic acids is 1. The average molecular weight is 297 g/mol. The number of carboxylic acid groups (broad SMARTS) is 1. The number of aromatic nitrogens is 1. The number of rotatable bonds is 5. The first-order valence-corrected chi connectivity index (χ1v) is 7.47. The zero-order valence-electron chi connectivity index (χ0n) is 11.8. The fourth-order valence-electron chi connectivity index (χ4n) is 2.16. The second-order valence-corrected chi connectivity index (χ2v) is 6.44. The minimum Gasteiger partial charge on any atom is -0.480 e. The molecule has 0 radical (unpaired) electrons. The summed E-state index contributed by atoms with van der Waals surface area (Å²) in [6, 6.07) is -0.516. The molecule has 0 bridgehead atoms. The van der Waals surface area contributed by atoms with Crippen LogP contribution in [-0.4, -0.2) is 27.6 Å². The van der Waals surface area contributed by atoms with Crippen molar-refractivity contribution in [3.8, 4) is 0 Å². The van der Waals surface area contributed by atoms with Crippen LogP contribution in [0.15, 0.2) is 0 Å². The topological polar surface area (TPSA) is 91.3 Å². The Morgan fingerprint density at radius 2 is 2.15 bits per heavy atom. The number of aryl methyl sites for hydroxylation is 2. The van der Waals surface area contributed by atoms with E-state index in [0.717, 1.165) is 29.8 Å². The Morgan fingerprint density at radius 1 is 1.50 bits per heavy atom. The molecule has 20 heavy (non-hydrogen) atoms. The van der Waals surface area contributed by atoms with Crippen LogP contribution in [0.4, 0.5) is 9.93 Å². The summed E-state index contributed by atoms with van der Waals surface area (Å²) in [4.78, 5) is 28.7. The first kappa shape index (κ1) is 14.8. The van der Waals surface area contributed by atoms with E-state index in [1.807, 2.05) is 13.8 Å². The summed E-state index contributed by atoms with van der Waals surface area (Å²) in [6.07, 6.45) is 2.47. The van der Waals surface area contributed by atoms with Crippen molar-refractivity contribution in [3.05, 3.63) is 10.6 Å². The van der Waals surface area contributed by atoms with E-state index in [2.05, 4.69) is 15.6 Å². The van der Waals surface area contributed by atoms with Gasteiger partial charge in [-0.3, -0.25) is 5.32 Å². The molecule has 1 aromatic rings. The van der Waals surface area contributed by atoms with E-state index < -0.39 is 17.5 Å². The number of carbonyl (C=O) groups excluding carboxylic acids is 1. The molecule has 1 saturated carbocycles. The number of nitrogens with one attached hydrogen (secondary N) is 2. The van der Waals surface area contributed by atoms with E-state index in [1.165, 1.54) is 11.3 Å². The molecule has 1 aliphatic carbocycles. The molecule has 6 nitrogen and oxygen atoms in total. The summed E-state index contributed by atoms with van der Waals surface area (Å²) < 4.78 is 0. The van der Waals surface area contributed by atoms with Gasteiger partial charge in [0, 0.05) is 4.88 Å². The number of carbonyl (C=O) groups is 2. The van der Waals surface area contributed by atoms with Gasteiger partial charge in [0.2, 0.25) is 0 Å². The summed E-state index contributed by atoms with van der Waals surface area (Å²) in [5, 5.41) is 15.0. The van der Waals surface area contributed by atoms with Crippen molar-refractivity contribution >= 4 is 28.5 Å². The highest BCUT2D eigenvalue weighted by molar-refractivity contribution is 7.15. The van der Waals surface area contributed by atoms with E-state index in [-0.39, 0.29) is 5.92 Å². The molecule has 1 heterocycles. The lowest BCUT2D eigenvalue weighted by Gasteiger charge is -2.25. The van der Waals surface area contributed by atoms with Gasteiger partial charge in [0.25, 0.3) is 0 Å². The third kappa shape index (κ3) is 2.92. The van der Waals surface area contributed by atoms with Gasteiger partial charge in [-0.1, -0.05) is 6.92 Å². The van der Waals surface area contributed by atoms with Crippen molar-refractivity contribution < 1.29 is 14.7 Å². The number of hydrogen-bond donors (Lipinski definition) is 3. The Kier molecular flexibility index (Phi) is 3.99. The van der Waals surface area contributed by atoms with Crippen molar-refractivity contribution in [1.29, 1.82) is 0 Å². The summed E-state index contributed by atoms with van der Waals surface area (Å²) in [7, 11) is 0. The molecule has 1 aliphatic rings. The van der Waals surface area contributed by atoms with Crippen LogP contribution < -0.4 is 10.6 Å². The lowest BCUT2D eigenvalue weighted by molar-refractivity contribution is -0.144. The van der Waals surface area contributed by atoms with Gasteiger partial charge in [-0.2, -0.15) is 0 Å². The SMILES string of the molecule is CCc1nc(NC(=O)NC(C)(C(=O)O)C2CC2)sc1C. The maximum absolute atomic E-state index is 12.0. The zero-order valence-corrected chi connectivity index (χ0v) is 12.6. The molecule has 1 unspecified atom stereocenters. The highest BCUT2D eigenvalue weighted by Gasteiger charge is 2.48. The molecule has 0 saturated heterocycles. The third-order valence-electron chi connectivity index (χ3n) is 3.66. The lowest BCUT2D eigenvalue weighted by atomic mass is 9.96. The van der Waals surface area contributed by atoms with Crippen molar-refractivity contribution in [2.75, 3.05) is 5.32 Å². The molecule has 1 fully saturated rings. The normalized spacial score (nSPS) is 17.4. The highest BCUT2D eigenvalue weighted by atomic mass is 32.1. The second-order valence-electron chi connectivity index (χ2n) is 5.24. The van der Waals surface area contributed by atoms with E-state index in [9.17, 15) is 14.7 Å². The lowest BCUT2D eigenvalue weighted by Crippen LogP contribution is -2.55. The molecule has 0 spiro atoms. The van der Waals surface area contributed by atoms with Crippen LogP contribution in [0, 0.1) is 12.8 Å². The Labute approximate surface area is 121 Å². The highest BCUT2D eigenvalue weighted by Crippen LogP contribution is 2.39. The summed E-state index contributed by atoms with van der Waals surface area (Å²) >= 11 is 1.40. The van der Waals surface area contributed by atoms with Crippen LogP contribution in [0.1, 0.15) is 37.3 Å². The van der Waals surface area contributed by atoms with Crippen LogP contribution in [0.25, 0.3) is 0 Å². The molecule has 0 aromatic carbocycles. The number of urea groups is 1. The number of amides is 2. The summed E-state index contributed by atoms with van der Waals surface area (Å²) in [6.45, 7) is 5.50. The van der Waals surface area contributed by atoms with Gasteiger partial charge in [-0.25, -0.2) is 14.6 Å². The van der Waals surface area contributed by atoms with Gasteiger partial charge < -0.3 is 10.4 Å². The quantitative estimate of drug-likeness (QED) is 0.778. The van der Waals surface area contributed by atoms with Crippen LogP contribution in [0.3, 0.4) is 0 Å². The van der Waals surface area contributed by atoms with Gasteiger partial charge >= 0.3 is 12.0 Å². The molecule has 2 rings (SSSR count). The first-order valence-electron chi connectivity index (χ1n) is 6.65. The van der Waals surface area contributed by atoms with Crippen LogP contribution in [0.2, 0.25) is 0 Å². The van der Waals surface area contributed by atoms with Gasteiger partial charge in [-0.05, 0) is 39.0 Å². The van der Waals surface area contributed by atoms with Crippen molar-refractivity contribution in [3.63, 3.8) is 0 Å². The van der Waals surface area contributed by atoms with Crippen molar-refractivity contribution in [2.45, 2.75) is 45.6 Å². The maximum Gasteiger partial charge on any atom is 0.329 e. The first-order chi connectivity index (χ1) is 9.36. The zero-order chi connectivity index (χ0) is 14.9. The molecule has 110 valence electrons. The van der Waals surface area contributed by atoms with Gasteiger partial charge in [0.05, 0.1) is 5.69 Å². The number of aliphatic carboxylic acids is 1. The van der Waals surface area contributed by atoms with E-state index in [0.29, 0.717) is 5.13 Å². The molecule has 1 aromatic heterocycles. The molecule has 1 atom stereocenters. The Hall–Kier alpha value is -1.63. The Balaban J connectivity index is 2.02. The molecule has 3 N–H and O–H groups in total. The molecule has 0 aliphatic heterocycles. The molecular weight excluding hydrogens is 278 g/mol. The third-order valence-corrected chi connectivity index (χ3v) is 4.59. The molecule has 2 amide bonds. The van der Waals surface area contributed by atoms with Crippen LogP contribution in [0.5, 0.6) is 0 Å². The van der Waals surface area contributed by atoms with Crippen molar-refractivity contribution in [2.24, 2.45) is 5.92 Å². The van der Waals surface area contributed by atoms with Crippen LogP contribution in [-0.2, 0) is 11.2 Å². The Bertz CT molecular complexity index is 539. The monoisotopic (exact) mass is 297 g/mol. The van der Waals surface area contributed by atoms with Crippen molar-refractivity contribution in [1.82, 2.24) is 10.3 Å². The fraction of sp³-hybridized carbons (Fsp3) is 0.615. The van der Waals surface area contributed by atoms with E-state index in [4.69, 9.17) is 0 Å². The molecular formula is C13H19N3O3S. The van der Waals surface area contributed by atoms with Gasteiger partial charge in [-0.15, -0.1) is 11.3 Å². The van der Waals surface area contributed by atoms with Crippen LogP contribution >= 0.6 is 11.3 Å². The smallest absolute Gasteiger partial charge is 0.329 e. The fourth-order valence-corrected chi connectivity index (χ4v) is 3.06. The Morgan fingerprint density at radius 3 is 2.60 bits per heavy atom. The number of anilines is 1. The summed E-state index contributed by atoms with van der Waals surface area (Å²) in [5.41, 5.74) is -0.252. The van der Waals surface area contributed by atoms with Gasteiger partial charge in [0.1, 0.15) is 5.54 Å². The predicted octanol–water partition coefficient (Wildman–Crippen LogP) is 2.39. The molecule has 7 heteroatoms. The number of nitrogens with zero attached hydrogens (tertiary/aromatic N) is 1. The number of thiazole rings is 1. The maximum atomic E-state index is 12.0. The van der Waals surface area contributed by atoms with E-state index >= 15 is 0 Å². The standard InChI is InChI=1S/C13H19N3O3S/c1-4-9-7(2)20-12(14-9)15-11(19)16-13(3,10(17)18)8-5-6-8/h8H,4-6H2,1-3H3,(H,17,18)(H2,14,15,16,19). The minimum atomic E-state index is -1.20. The predicted molar refractivity (Wildman–Crippen MR) is 77.1 cm³/mol. The largest absolute Gasteiger partial charge is 0.480 e. The number of hydrogen-bond acceptors (Lipinski definition) is 4. The second kappa shape index (κ2) is 5.40. The van der Waals surface area contributed by atoms with E-state index in [1.54, 1.807) is 6.92 Å². The summed E-state index contributed by atoms with van der Waals surface area (Å²) in [5.74, 6) is -0.991. The average Bonchev–Trinajstić information content (AvgIpc) is 3.14. The minimum absolute atomic E-state index is 0.00924.